The fourth-order valence-electron chi connectivity index (χ4n) is 7.54. The van der Waals surface area contributed by atoms with Gasteiger partial charge in [0.05, 0.1) is 76.0 Å². The second-order valence-electron chi connectivity index (χ2n) is 17.7. The first-order valence-electron chi connectivity index (χ1n) is 24.2. The average molecular weight is 1140 g/mol. The second-order valence-corrected chi connectivity index (χ2v) is 20.5. The lowest BCUT2D eigenvalue weighted by molar-refractivity contribution is 0.0686. The van der Waals surface area contributed by atoms with Crippen LogP contribution in [0.4, 0.5) is 56.9 Å². The molecule has 0 saturated heterocycles. The number of carbonyl (C=O) groups is 2. The number of carboxylic acids is 2. The average Bonchev–Trinajstić information content (AvgIpc) is 3.54. The van der Waals surface area contributed by atoms with Gasteiger partial charge < -0.3 is 20.1 Å². The molecule has 0 aliphatic carbocycles. The molecule has 0 atom stereocenters. The van der Waals surface area contributed by atoms with Crippen LogP contribution in [-0.2, 0) is 26.8 Å². The summed E-state index contributed by atoms with van der Waals surface area (Å²) in [7, 11) is -8.03. The molecule has 0 aliphatic rings. The Hall–Kier alpha value is -10.2. The van der Waals surface area contributed by atoms with Crippen molar-refractivity contribution in [2.24, 2.45) is 51.1 Å². The molecule has 0 amide bonds. The van der Waals surface area contributed by atoms with Crippen LogP contribution in [0.25, 0.3) is 24.3 Å². The zero-order chi connectivity index (χ0) is 58.6. The summed E-state index contributed by atoms with van der Waals surface area (Å²) in [6.07, 6.45) is 6.25. The number of rotatable bonds is 20. The van der Waals surface area contributed by atoms with Crippen LogP contribution in [0.15, 0.2) is 219 Å². The molecule has 0 bridgehead atoms. The van der Waals surface area contributed by atoms with Crippen molar-refractivity contribution in [2.75, 3.05) is 7.11 Å². The Balaban J connectivity index is 0.894. The van der Waals surface area contributed by atoms with E-state index in [0.717, 1.165) is 6.07 Å². The number of aliphatic hydroxyl groups is 1. The monoisotopic (exact) mass is 1140 g/mol. The largest absolute Gasteiger partial charge is 0.494 e. The Labute approximate surface area is 468 Å². The number of hydrogen-bond donors (Lipinski definition) is 5. The van der Waals surface area contributed by atoms with Gasteiger partial charge in [-0.3, -0.25) is 9.11 Å². The molecule has 0 fully saturated rings. The molecule has 8 rings (SSSR count). The van der Waals surface area contributed by atoms with Crippen molar-refractivity contribution < 1.29 is 55.6 Å². The van der Waals surface area contributed by atoms with Gasteiger partial charge in [0, 0.05) is 11.6 Å². The van der Waals surface area contributed by atoms with Gasteiger partial charge in [-0.2, -0.15) is 62.9 Å². The Morgan fingerprint density at radius 1 is 0.427 bits per heavy atom. The highest BCUT2D eigenvalue weighted by Gasteiger charge is 2.18. The van der Waals surface area contributed by atoms with E-state index in [0.29, 0.717) is 73.3 Å². The van der Waals surface area contributed by atoms with Gasteiger partial charge in [-0.25, -0.2) is 9.59 Å². The molecule has 0 spiro atoms. The molecule has 24 heteroatoms. The van der Waals surface area contributed by atoms with Crippen LogP contribution < -0.4 is 4.74 Å². The zero-order valence-electron chi connectivity index (χ0n) is 43.4. The van der Waals surface area contributed by atoms with Gasteiger partial charge in [0.25, 0.3) is 20.2 Å². The number of ether oxygens (including phenoxy) is 1. The quantitative estimate of drug-likeness (QED) is 0.0270. The lowest BCUT2D eigenvalue weighted by Crippen LogP contribution is -2.00. The Kier molecular flexibility index (Phi) is 18.2. The normalized spacial score (nSPS) is 12.4. The minimum absolute atomic E-state index is 0.107. The molecule has 82 heavy (non-hydrogen) atoms. The van der Waals surface area contributed by atoms with E-state index in [1.165, 1.54) is 98.1 Å². The Bertz CT molecular complexity index is 4190. The topological polar surface area (TPSA) is 336 Å². The minimum Gasteiger partial charge on any atom is -0.494 e. The summed E-state index contributed by atoms with van der Waals surface area (Å²) in [6, 6.07) is 40.1. The van der Waals surface area contributed by atoms with Crippen LogP contribution in [0.3, 0.4) is 0 Å². The molecular formula is C58H46N10O12S2. The fraction of sp³-hybridized carbons (Fsp3) is 0.0690. The maximum Gasteiger partial charge on any atom is 0.335 e. The number of aryl methyl sites for hydroxylation is 2. The highest BCUT2D eigenvalue weighted by molar-refractivity contribution is 7.86. The number of aromatic carboxylic acids is 2. The van der Waals surface area contributed by atoms with E-state index in [-0.39, 0.29) is 46.0 Å². The molecule has 0 aromatic heterocycles. The number of nitrogens with zero attached hydrogens (tertiary/aromatic N) is 10. The van der Waals surface area contributed by atoms with Crippen molar-refractivity contribution in [3.8, 4) is 5.75 Å². The predicted octanol–water partition coefficient (Wildman–Crippen LogP) is 16.1. The number of azo groups is 5. The number of benzene rings is 8. The second kappa shape index (κ2) is 25.7. The molecular weight excluding hydrogens is 1090 g/mol. The smallest absolute Gasteiger partial charge is 0.335 e. The molecule has 0 aliphatic heterocycles. The molecule has 22 nitrogen and oxygen atoms in total. The SMILES string of the molecule is COc1cc(N=Nc2ccc(C(=O)O)cc2)c(C)cc1N=Nc1ccc(C=Cc2ccc(N=Nc3ccc(C=Cc4ccc(N=Nc5cc(C)c(N=Nc6ccc(C(=O)O)cc6)cc5CO)cc4)c(S(=O)(=O)O)c3)cc2)c(S(=O)(=O)O)c1. The van der Waals surface area contributed by atoms with Crippen LogP contribution in [0.2, 0.25) is 0 Å². The summed E-state index contributed by atoms with van der Waals surface area (Å²) in [4.78, 5) is 21.5. The van der Waals surface area contributed by atoms with Crippen LogP contribution >= 0.6 is 0 Å². The van der Waals surface area contributed by atoms with Gasteiger partial charge in [-0.15, -0.1) is 5.11 Å². The molecule has 0 saturated carbocycles. The molecule has 412 valence electrons. The predicted molar refractivity (Wildman–Crippen MR) is 306 cm³/mol. The van der Waals surface area contributed by atoms with Crippen molar-refractivity contribution >= 4 is 113 Å². The van der Waals surface area contributed by atoms with E-state index >= 15 is 0 Å². The first kappa shape index (κ1) is 57.9. The minimum atomic E-state index is -4.74. The highest BCUT2D eigenvalue weighted by atomic mass is 32.2. The highest BCUT2D eigenvalue weighted by Crippen LogP contribution is 2.38. The summed E-state index contributed by atoms with van der Waals surface area (Å²) in [6.45, 7) is 3.20. The van der Waals surface area contributed by atoms with Gasteiger partial charge in [-0.1, -0.05) is 60.7 Å². The number of carboxylic acid groups (broad SMARTS) is 2. The van der Waals surface area contributed by atoms with Crippen LogP contribution in [0.5, 0.6) is 5.75 Å². The molecule has 8 aromatic carbocycles. The van der Waals surface area contributed by atoms with Crippen molar-refractivity contribution in [3.05, 3.63) is 208 Å². The standard InChI is InChI=1S/C58H46N10O12S2/c1-35-28-52(43(34-69)30-50(35)65-60-46-22-14-41(15-23-46)57(70)71)67-62-45-20-8-38(9-21-45)5-10-39-12-26-48(31-55(39)81(74,75)76)63-59-44-18-6-37(7-19-44)4-11-40-13-27-49(32-56(40)82(77,78)79)64-68-53-29-36(2)51(33-54(53)80-3)66-61-47-24-16-42(17-25-47)58(72)73/h4-33,69H,34H2,1-3H3,(H,70,71)(H,72,73)(H,74,75,76)(H,77,78,79). The number of hydrogen-bond acceptors (Lipinski definition) is 18. The molecule has 0 radical (unpaired) electrons. The molecule has 8 aromatic rings. The van der Waals surface area contributed by atoms with Crippen molar-refractivity contribution in [1.82, 2.24) is 0 Å². The van der Waals surface area contributed by atoms with Crippen molar-refractivity contribution in [1.29, 1.82) is 0 Å². The summed E-state index contributed by atoms with van der Waals surface area (Å²) in [5.41, 5.74) is 7.25. The lowest BCUT2D eigenvalue weighted by atomic mass is 10.1. The van der Waals surface area contributed by atoms with Gasteiger partial charge in [0.1, 0.15) is 21.2 Å². The van der Waals surface area contributed by atoms with E-state index < -0.39 is 42.0 Å². The van der Waals surface area contributed by atoms with Gasteiger partial charge >= 0.3 is 11.9 Å². The first-order valence-corrected chi connectivity index (χ1v) is 27.1. The van der Waals surface area contributed by atoms with E-state index in [1.807, 2.05) is 0 Å². The zero-order valence-corrected chi connectivity index (χ0v) is 45.0. The van der Waals surface area contributed by atoms with Gasteiger partial charge in [-0.05, 0) is 162 Å². The maximum absolute atomic E-state index is 12.5. The third-order valence-electron chi connectivity index (χ3n) is 11.9. The number of methoxy groups -OCH3 is 1. The first-order chi connectivity index (χ1) is 39.2. The molecule has 0 unspecified atom stereocenters. The third-order valence-corrected chi connectivity index (χ3v) is 13.7. The summed E-state index contributed by atoms with van der Waals surface area (Å²) in [5.74, 6) is -1.83. The van der Waals surface area contributed by atoms with Crippen molar-refractivity contribution in [2.45, 2.75) is 30.2 Å². The fourth-order valence-corrected chi connectivity index (χ4v) is 8.94. The molecule has 5 N–H and O–H groups in total. The van der Waals surface area contributed by atoms with Crippen molar-refractivity contribution in [3.63, 3.8) is 0 Å². The van der Waals surface area contributed by atoms with Crippen LogP contribution in [-0.4, -0.2) is 60.3 Å². The lowest BCUT2D eigenvalue weighted by Gasteiger charge is -2.08. The summed E-state index contributed by atoms with van der Waals surface area (Å²) in [5, 5.41) is 70.6. The Morgan fingerprint density at radius 2 is 0.768 bits per heavy atom. The van der Waals surface area contributed by atoms with E-state index in [2.05, 4.69) is 51.1 Å². The van der Waals surface area contributed by atoms with Gasteiger partial charge in [0.15, 0.2) is 0 Å². The molecule has 0 heterocycles. The third kappa shape index (κ3) is 15.3. The van der Waals surface area contributed by atoms with Gasteiger partial charge in [0.2, 0.25) is 0 Å². The van der Waals surface area contributed by atoms with E-state index in [1.54, 1.807) is 98.8 Å². The van der Waals surface area contributed by atoms with E-state index in [4.69, 9.17) is 14.9 Å². The number of aliphatic hydroxyl groups excluding tert-OH is 1. The van der Waals surface area contributed by atoms with Crippen LogP contribution in [0.1, 0.15) is 59.7 Å². The van der Waals surface area contributed by atoms with E-state index in [9.17, 15) is 40.6 Å². The van der Waals surface area contributed by atoms with Crippen LogP contribution in [0, 0.1) is 13.8 Å². The Morgan fingerprint density at radius 3 is 1.17 bits per heavy atom. The summed E-state index contributed by atoms with van der Waals surface area (Å²) >= 11 is 0. The summed E-state index contributed by atoms with van der Waals surface area (Å²) < 4.78 is 75.9. The maximum atomic E-state index is 12.5.